The molecule has 1 aromatic carbocycles. The molecule has 3 nitrogen and oxygen atoms in total. The Balaban J connectivity index is 2.43. The van der Waals surface area contributed by atoms with Gasteiger partial charge in [0.15, 0.2) is 0 Å². The molecule has 0 bridgehead atoms. The minimum absolute atomic E-state index is 0.685. The van der Waals surface area contributed by atoms with Crippen LogP contribution in [-0.2, 0) is 10.2 Å². The molecule has 16 heavy (non-hydrogen) atoms. The van der Waals surface area contributed by atoms with Crippen LogP contribution >= 0.6 is 15.9 Å². The van der Waals surface area contributed by atoms with Gasteiger partial charge < -0.3 is 9.84 Å². The van der Waals surface area contributed by atoms with E-state index >= 15 is 0 Å². The number of carbonyl (C=O) groups is 1. The van der Waals surface area contributed by atoms with Crippen molar-refractivity contribution >= 4 is 21.9 Å². The molecule has 1 fully saturated rings. The number of carboxylic acids is 1. The molecule has 0 unspecified atom stereocenters. The second kappa shape index (κ2) is 4.09. The molecule has 1 aliphatic carbocycles. The number of aliphatic carboxylic acids is 1. The Morgan fingerprint density at radius 1 is 1.50 bits per heavy atom. The Morgan fingerprint density at radius 3 is 2.62 bits per heavy atom. The van der Waals surface area contributed by atoms with Gasteiger partial charge in [-0.2, -0.15) is 0 Å². The molecule has 1 aliphatic rings. The van der Waals surface area contributed by atoms with Crippen molar-refractivity contribution in [2.45, 2.75) is 24.7 Å². The van der Waals surface area contributed by atoms with Crippen molar-refractivity contribution in [2.24, 2.45) is 0 Å². The highest BCUT2D eigenvalue weighted by Gasteiger charge is 2.46. The minimum Gasteiger partial charge on any atom is -0.496 e. The normalized spacial score (nSPS) is 17.6. The molecule has 0 spiro atoms. The summed E-state index contributed by atoms with van der Waals surface area (Å²) in [6.07, 6.45) is 2.41. The van der Waals surface area contributed by atoms with E-state index in [-0.39, 0.29) is 0 Å². The SMILES string of the molecule is COc1cc(C2(C(=O)O)CCC2)ccc1Br. The van der Waals surface area contributed by atoms with Crippen LogP contribution in [0.15, 0.2) is 22.7 Å². The molecule has 4 heteroatoms. The van der Waals surface area contributed by atoms with E-state index in [4.69, 9.17) is 4.74 Å². The summed E-state index contributed by atoms with van der Waals surface area (Å²) in [5.74, 6) is -0.0480. The Labute approximate surface area is 103 Å². The standard InChI is InChI=1S/C12H13BrO3/c1-16-10-7-8(3-4-9(10)13)12(11(14)15)5-2-6-12/h3-4,7H,2,5-6H2,1H3,(H,14,15). The molecule has 1 saturated carbocycles. The molecular formula is C12H13BrO3. The summed E-state index contributed by atoms with van der Waals surface area (Å²) in [6.45, 7) is 0. The Morgan fingerprint density at radius 2 is 2.19 bits per heavy atom. The average molecular weight is 285 g/mol. The first kappa shape index (κ1) is 11.5. The lowest BCUT2D eigenvalue weighted by molar-refractivity contribution is -0.147. The van der Waals surface area contributed by atoms with Gasteiger partial charge in [-0.3, -0.25) is 4.79 Å². The van der Waals surface area contributed by atoms with Gasteiger partial charge in [-0.25, -0.2) is 0 Å². The number of benzene rings is 1. The van der Waals surface area contributed by atoms with E-state index in [1.807, 2.05) is 18.2 Å². The van der Waals surface area contributed by atoms with Gasteiger partial charge in [0.2, 0.25) is 0 Å². The number of ether oxygens (including phenoxy) is 1. The molecule has 0 heterocycles. The smallest absolute Gasteiger partial charge is 0.314 e. The van der Waals surface area contributed by atoms with Crippen LogP contribution in [0.3, 0.4) is 0 Å². The molecule has 0 aliphatic heterocycles. The largest absolute Gasteiger partial charge is 0.496 e. The number of rotatable bonds is 3. The highest BCUT2D eigenvalue weighted by atomic mass is 79.9. The molecule has 0 atom stereocenters. The van der Waals surface area contributed by atoms with Gasteiger partial charge in [0.1, 0.15) is 5.75 Å². The third-order valence-corrected chi connectivity index (χ3v) is 3.98. The van der Waals surface area contributed by atoms with E-state index in [0.717, 1.165) is 16.5 Å². The molecular weight excluding hydrogens is 272 g/mol. The van der Waals surface area contributed by atoms with E-state index in [1.165, 1.54) is 0 Å². The van der Waals surface area contributed by atoms with E-state index in [2.05, 4.69) is 15.9 Å². The second-order valence-corrected chi connectivity index (χ2v) is 4.94. The van der Waals surface area contributed by atoms with Crippen molar-refractivity contribution in [2.75, 3.05) is 7.11 Å². The van der Waals surface area contributed by atoms with Crippen LogP contribution in [0.4, 0.5) is 0 Å². The summed E-state index contributed by atoms with van der Waals surface area (Å²) in [7, 11) is 1.58. The summed E-state index contributed by atoms with van der Waals surface area (Å²) in [5.41, 5.74) is 0.153. The Bertz CT molecular complexity index is 424. The summed E-state index contributed by atoms with van der Waals surface area (Å²) < 4.78 is 6.04. The van der Waals surface area contributed by atoms with Gasteiger partial charge in [-0.1, -0.05) is 12.5 Å². The highest BCUT2D eigenvalue weighted by Crippen LogP contribution is 2.45. The van der Waals surface area contributed by atoms with Gasteiger partial charge in [0.05, 0.1) is 17.0 Å². The minimum atomic E-state index is -0.733. The number of halogens is 1. The molecule has 1 aromatic rings. The maximum absolute atomic E-state index is 11.3. The quantitative estimate of drug-likeness (QED) is 0.928. The Kier molecular flexibility index (Phi) is 2.93. The lowest BCUT2D eigenvalue weighted by atomic mass is 9.64. The van der Waals surface area contributed by atoms with Crippen LogP contribution in [0.1, 0.15) is 24.8 Å². The maximum Gasteiger partial charge on any atom is 0.314 e. The zero-order valence-electron chi connectivity index (χ0n) is 9.00. The first-order valence-corrected chi connectivity index (χ1v) is 5.97. The summed E-state index contributed by atoms with van der Waals surface area (Å²) >= 11 is 3.36. The van der Waals surface area contributed by atoms with E-state index < -0.39 is 11.4 Å². The number of hydrogen-bond donors (Lipinski definition) is 1. The monoisotopic (exact) mass is 284 g/mol. The maximum atomic E-state index is 11.3. The summed E-state index contributed by atoms with van der Waals surface area (Å²) in [6, 6.07) is 5.52. The highest BCUT2D eigenvalue weighted by molar-refractivity contribution is 9.10. The van der Waals surface area contributed by atoms with Crippen LogP contribution in [0.2, 0.25) is 0 Å². The Hall–Kier alpha value is -1.03. The third-order valence-electron chi connectivity index (χ3n) is 3.32. The van der Waals surface area contributed by atoms with Crippen LogP contribution in [0.25, 0.3) is 0 Å². The van der Waals surface area contributed by atoms with Gasteiger partial charge in [0, 0.05) is 0 Å². The fourth-order valence-corrected chi connectivity index (χ4v) is 2.52. The molecule has 1 N–H and O–H groups in total. The van der Waals surface area contributed by atoms with Crippen molar-refractivity contribution in [3.63, 3.8) is 0 Å². The zero-order valence-corrected chi connectivity index (χ0v) is 10.6. The molecule has 2 rings (SSSR count). The first-order chi connectivity index (χ1) is 7.60. The van der Waals surface area contributed by atoms with Gasteiger partial charge >= 0.3 is 5.97 Å². The van der Waals surface area contributed by atoms with Crippen molar-refractivity contribution in [1.29, 1.82) is 0 Å². The van der Waals surface area contributed by atoms with Crippen LogP contribution in [0.5, 0.6) is 5.75 Å². The first-order valence-electron chi connectivity index (χ1n) is 5.17. The predicted octanol–water partition coefficient (Wildman–Crippen LogP) is 2.96. The predicted molar refractivity (Wildman–Crippen MR) is 63.9 cm³/mol. The fraction of sp³-hybridized carbons (Fsp3) is 0.417. The van der Waals surface area contributed by atoms with E-state index in [9.17, 15) is 9.90 Å². The topological polar surface area (TPSA) is 46.5 Å². The number of methoxy groups -OCH3 is 1. The molecule has 0 radical (unpaired) electrons. The van der Waals surface area contributed by atoms with Gasteiger partial charge in [-0.15, -0.1) is 0 Å². The molecule has 0 amide bonds. The van der Waals surface area contributed by atoms with Crippen molar-refractivity contribution in [1.82, 2.24) is 0 Å². The molecule has 0 aromatic heterocycles. The van der Waals surface area contributed by atoms with Crippen LogP contribution in [0, 0.1) is 0 Å². The third kappa shape index (κ3) is 1.61. The molecule has 0 saturated heterocycles. The average Bonchev–Trinajstić information content (AvgIpc) is 2.18. The summed E-state index contributed by atoms with van der Waals surface area (Å²) in [5, 5.41) is 9.32. The fourth-order valence-electron chi connectivity index (χ4n) is 2.11. The molecule has 86 valence electrons. The lowest BCUT2D eigenvalue weighted by Crippen LogP contribution is -2.42. The van der Waals surface area contributed by atoms with Crippen molar-refractivity contribution in [3.05, 3.63) is 28.2 Å². The van der Waals surface area contributed by atoms with E-state index in [0.29, 0.717) is 18.6 Å². The van der Waals surface area contributed by atoms with Crippen molar-refractivity contribution in [3.8, 4) is 5.75 Å². The van der Waals surface area contributed by atoms with Gasteiger partial charge in [-0.05, 0) is 46.5 Å². The summed E-state index contributed by atoms with van der Waals surface area (Å²) in [4.78, 5) is 11.3. The zero-order chi connectivity index (χ0) is 11.8. The van der Waals surface area contributed by atoms with Crippen molar-refractivity contribution < 1.29 is 14.6 Å². The van der Waals surface area contributed by atoms with E-state index in [1.54, 1.807) is 7.11 Å². The number of hydrogen-bond acceptors (Lipinski definition) is 2. The van der Waals surface area contributed by atoms with Gasteiger partial charge in [0.25, 0.3) is 0 Å². The lowest BCUT2D eigenvalue weighted by Gasteiger charge is -2.38. The van der Waals surface area contributed by atoms with Crippen LogP contribution in [-0.4, -0.2) is 18.2 Å². The van der Waals surface area contributed by atoms with Crippen LogP contribution < -0.4 is 4.74 Å². The second-order valence-electron chi connectivity index (χ2n) is 4.09. The number of carboxylic acid groups (broad SMARTS) is 1.